The highest BCUT2D eigenvalue weighted by Gasteiger charge is 2.13. The van der Waals surface area contributed by atoms with E-state index in [2.05, 4.69) is 10.1 Å². The molecule has 0 aliphatic rings. The van der Waals surface area contributed by atoms with Gasteiger partial charge in [-0.15, -0.1) is 11.8 Å². The summed E-state index contributed by atoms with van der Waals surface area (Å²) in [7, 11) is 0. The number of halogens is 2. The number of thioether (sulfide) groups is 1. The van der Waals surface area contributed by atoms with Crippen LogP contribution in [0.15, 0.2) is 23.4 Å². The second-order valence-electron chi connectivity index (χ2n) is 4.00. The predicted octanol–water partition coefficient (Wildman–Crippen LogP) is 2.84. The van der Waals surface area contributed by atoms with E-state index < -0.39 is 11.6 Å². The van der Waals surface area contributed by atoms with Gasteiger partial charge in [0.1, 0.15) is 23.8 Å². The summed E-state index contributed by atoms with van der Waals surface area (Å²) in [5.74, 6) is -0.242. The van der Waals surface area contributed by atoms with Gasteiger partial charge in [0, 0.05) is 12.2 Å². The highest BCUT2D eigenvalue weighted by atomic mass is 32.2. The normalized spacial score (nSPS) is 10.9. The lowest BCUT2D eigenvalue weighted by molar-refractivity contribution is 0.541. The summed E-state index contributed by atoms with van der Waals surface area (Å²) in [6, 6.07) is 2.23. The van der Waals surface area contributed by atoms with E-state index in [0.29, 0.717) is 11.6 Å². The summed E-state index contributed by atoms with van der Waals surface area (Å²) in [6.07, 6.45) is 2.37. The molecule has 0 spiro atoms. The van der Waals surface area contributed by atoms with Crippen LogP contribution < -0.4 is 5.73 Å². The van der Waals surface area contributed by atoms with Crippen LogP contribution in [0, 0.1) is 11.6 Å². The average molecular weight is 284 g/mol. The molecule has 0 amide bonds. The molecular weight excluding hydrogens is 270 g/mol. The number of benzene rings is 1. The lowest BCUT2D eigenvalue weighted by Gasteiger charge is -2.07. The Morgan fingerprint density at radius 3 is 2.63 bits per heavy atom. The second-order valence-corrected chi connectivity index (χ2v) is 4.99. The Morgan fingerprint density at radius 1 is 1.32 bits per heavy atom. The van der Waals surface area contributed by atoms with Crippen molar-refractivity contribution in [1.29, 1.82) is 0 Å². The Bertz CT molecular complexity index is 548. The lowest BCUT2D eigenvalue weighted by Crippen LogP contribution is -2.04. The largest absolute Gasteiger partial charge is 0.399 e. The number of nitrogens with two attached hydrogens (primary N) is 1. The molecule has 0 fully saturated rings. The summed E-state index contributed by atoms with van der Waals surface area (Å²) < 4.78 is 28.9. The van der Waals surface area contributed by atoms with Crippen molar-refractivity contribution in [3.8, 4) is 0 Å². The monoisotopic (exact) mass is 284 g/mol. The molecule has 0 saturated carbocycles. The van der Waals surface area contributed by atoms with Crippen LogP contribution in [0.4, 0.5) is 14.5 Å². The van der Waals surface area contributed by atoms with Gasteiger partial charge in [-0.05, 0) is 18.6 Å². The minimum Gasteiger partial charge on any atom is -0.399 e. The maximum Gasteiger partial charge on any atom is 0.141 e. The molecule has 0 atom stereocenters. The summed E-state index contributed by atoms with van der Waals surface area (Å²) in [5.41, 5.74) is 5.44. The summed E-state index contributed by atoms with van der Waals surface area (Å²) in [6.45, 7) is 2.76. The van der Waals surface area contributed by atoms with Gasteiger partial charge in [0.25, 0.3) is 0 Å². The first kappa shape index (κ1) is 13.8. The molecule has 0 radical (unpaired) electrons. The number of rotatable bonds is 5. The zero-order valence-corrected chi connectivity index (χ0v) is 11.3. The molecule has 0 saturated heterocycles. The minimum atomic E-state index is -0.649. The van der Waals surface area contributed by atoms with E-state index >= 15 is 0 Å². The van der Waals surface area contributed by atoms with Gasteiger partial charge in [-0.25, -0.2) is 18.4 Å². The third-order valence-corrected chi connectivity index (χ3v) is 3.58. The zero-order chi connectivity index (χ0) is 13.8. The van der Waals surface area contributed by atoms with Crippen molar-refractivity contribution in [2.75, 3.05) is 5.73 Å². The van der Waals surface area contributed by atoms with E-state index in [0.717, 1.165) is 36.9 Å². The summed E-state index contributed by atoms with van der Waals surface area (Å²) >= 11 is 1.05. The summed E-state index contributed by atoms with van der Waals surface area (Å²) in [4.78, 5) is 4.05. The van der Waals surface area contributed by atoms with Crippen LogP contribution in [0.25, 0.3) is 0 Å². The van der Waals surface area contributed by atoms with Gasteiger partial charge in [0.2, 0.25) is 0 Å². The van der Waals surface area contributed by atoms with E-state index in [1.165, 1.54) is 6.33 Å². The van der Waals surface area contributed by atoms with Crippen LogP contribution in [0.1, 0.15) is 19.2 Å². The molecule has 1 heterocycles. The van der Waals surface area contributed by atoms with Crippen LogP contribution in [0.5, 0.6) is 0 Å². The van der Waals surface area contributed by atoms with E-state index in [-0.39, 0.29) is 10.6 Å². The highest BCUT2D eigenvalue weighted by molar-refractivity contribution is 7.98. The first-order valence-electron chi connectivity index (χ1n) is 5.85. The van der Waals surface area contributed by atoms with Crippen LogP contribution in [0.3, 0.4) is 0 Å². The van der Waals surface area contributed by atoms with Gasteiger partial charge in [0.15, 0.2) is 0 Å². The molecule has 1 aromatic carbocycles. The number of hydrogen-bond donors (Lipinski definition) is 1. The van der Waals surface area contributed by atoms with Crippen molar-refractivity contribution >= 4 is 17.4 Å². The van der Waals surface area contributed by atoms with E-state index in [1.807, 2.05) is 6.92 Å². The second kappa shape index (κ2) is 6.01. The van der Waals surface area contributed by atoms with Gasteiger partial charge in [-0.2, -0.15) is 5.10 Å². The zero-order valence-electron chi connectivity index (χ0n) is 10.4. The summed E-state index contributed by atoms with van der Waals surface area (Å²) in [5, 5.41) is 4.06. The van der Waals surface area contributed by atoms with Crippen molar-refractivity contribution in [2.45, 2.75) is 30.5 Å². The van der Waals surface area contributed by atoms with Gasteiger partial charge in [-0.3, -0.25) is 0 Å². The topological polar surface area (TPSA) is 56.7 Å². The van der Waals surface area contributed by atoms with Gasteiger partial charge < -0.3 is 5.73 Å². The molecule has 0 unspecified atom stereocenters. The predicted molar refractivity (Wildman–Crippen MR) is 70.6 cm³/mol. The molecule has 7 heteroatoms. The molecule has 0 aliphatic carbocycles. The van der Waals surface area contributed by atoms with Crippen LogP contribution >= 0.6 is 11.8 Å². The van der Waals surface area contributed by atoms with E-state index in [9.17, 15) is 8.78 Å². The molecular formula is C12H14F2N4S. The van der Waals surface area contributed by atoms with Gasteiger partial charge in [0.05, 0.1) is 10.6 Å². The molecule has 19 heavy (non-hydrogen) atoms. The van der Waals surface area contributed by atoms with Crippen molar-refractivity contribution in [3.63, 3.8) is 0 Å². The van der Waals surface area contributed by atoms with Gasteiger partial charge >= 0.3 is 0 Å². The van der Waals surface area contributed by atoms with Crippen molar-refractivity contribution in [3.05, 3.63) is 35.9 Å². The quantitative estimate of drug-likeness (QED) is 0.677. The Labute approximate surface area is 114 Å². The number of hydrogen-bond acceptors (Lipinski definition) is 4. The maximum atomic E-state index is 13.6. The smallest absolute Gasteiger partial charge is 0.141 e. The Morgan fingerprint density at radius 2 is 2.00 bits per heavy atom. The number of aryl methyl sites for hydroxylation is 1. The first-order valence-corrected chi connectivity index (χ1v) is 6.84. The van der Waals surface area contributed by atoms with Crippen LogP contribution in [-0.2, 0) is 12.3 Å². The molecule has 1 aromatic heterocycles. The molecule has 102 valence electrons. The third-order valence-electron chi connectivity index (χ3n) is 2.50. The number of aromatic nitrogens is 3. The number of nitrogen functional groups attached to an aromatic ring is 1. The number of anilines is 1. The standard InChI is InChI=1S/C12H14F2N4S/c1-2-3-18-11(16-7-17-18)6-19-12-9(13)4-8(15)5-10(12)14/h4-5,7H,2-3,6,15H2,1H3. The SMILES string of the molecule is CCCn1ncnc1CSc1c(F)cc(N)cc1F. The third kappa shape index (κ3) is 3.23. The fourth-order valence-electron chi connectivity index (χ4n) is 1.65. The number of nitrogens with zero attached hydrogens (tertiary/aromatic N) is 3. The highest BCUT2D eigenvalue weighted by Crippen LogP contribution is 2.29. The molecule has 0 aliphatic heterocycles. The maximum absolute atomic E-state index is 13.6. The molecule has 2 aromatic rings. The fourth-order valence-corrected chi connectivity index (χ4v) is 2.54. The molecule has 2 N–H and O–H groups in total. The molecule has 2 rings (SSSR count). The van der Waals surface area contributed by atoms with Gasteiger partial charge in [-0.1, -0.05) is 6.92 Å². The Balaban J connectivity index is 2.12. The molecule has 0 bridgehead atoms. The average Bonchev–Trinajstić information content (AvgIpc) is 2.76. The van der Waals surface area contributed by atoms with Crippen LogP contribution in [-0.4, -0.2) is 14.8 Å². The molecule has 4 nitrogen and oxygen atoms in total. The lowest BCUT2D eigenvalue weighted by atomic mass is 10.3. The Hall–Kier alpha value is -1.63. The Kier molecular flexibility index (Phi) is 4.36. The minimum absolute atomic E-state index is 0.0414. The van der Waals surface area contributed by atoms with Crippen molar-refractivity contribution in [1.82, 2.24) is 14.8 Å². The van der Waals surface area contributed by atoms with Crippen molar-refractivity contribution < 1.29 is 8.78 Å². The first-order chi connectivity index (χ1) is 9.11. The fraction of sp³-hybridized carbons (Fsp3) is 0.333. The van der Waals surface area contributed by atoms with Crippen LogP contribution in [0.2, 0.25) is 0 Å². The van der Waals surface area contributed by atoms with E-state index in [1.54, 1.807) is 4.68 Å². The van der Waals surface area contributed by atoms with E-state index in [4.69, 9.17) is 5.73 Å². The van der Waals surface area contributed by atoms with Crippen molar-refractivity contribution in [2.24, 2.45) is 0 Å².